The van der Waals surface area contributed by atoms with Crippen molar-refractivity contribution in [2.75, 3.05) is 5.32 Å². The van der Waals surface area contributed by atoms with Crippen LogP contribution >= 0.6 is 0 Å². The molecule has 8 nitrogen and oxygen atoms in total. The van der Waals surface area contributed by atoms with Crippen molar-refractivity contribution in [2.45, 2.75) is 25.5 Å². The molecule has 0 spiro atoms. The molecule has 0 amide bonds. The molecule has 1 aliphatic rings. The maximum absolute atomic E-state index is 12.2. The zero-order chi connectivity index (χ0) is 18.1. The van der Waals surface area contributed by atoms with E-state index in [1.54, 1.807) is 12.1 Å². The highest BCUT2D eigenvalue weighted by Gasteiger charge is 2.26. The first-order valence-corrected chi connectivity index (χ1v) is 8.17. The summed E-state index contributed by atoms with van der Waals surface area (Å²) >= 11 is 0. The van der Waals surface area contributed by atoms with Crippen LogP contribution in [-0.4, -0.2) is 21.9 Å². The Kier molecular flexibility index (Phi) is 4.00. The lowest BCUT2D eigenvalue weighted by Crippen LogP contribution is -2.08. The van der Waals surface area contributed by atoms with Gasteiger partial charge in [-0.3, -0.25) is 10.1 Å². The number of ether oxygens (including phenoxy) is 1. The number of fused-ring (bicyclic) bond motifs is 1. The number of hydrogen-bond donors (Lipinski definition) is 1. The summed E-state index contributed by atoms with van der Waals surface area (Å²) in [5.74, 6) is -0.408. The second kappa shape index (κ2) is 6.47. The minimum atomic E-state index is -0.673. The number of nitro benzene ring substituents is 1. The third-order valence-corrected chi connectivity index (χ3v) is 4.03. The van der Waals surface area contributed by atoms with Crippen LogP contribution in [0.5, 0.6) is 0 Å². The Morgan fingerprint density at radius 3 is 2.85 bits per heavy atom. The van der Waals surface area contributed by atoms with Crippen molar-refractivity contribution in [3.8, 4) is 0 Å². The van der Waals surface area contributed by atoms with E-state index in [1.165, 1.54) is 18.2 Å². The summed E-state index contributed by atoms with van der Waals surface area (Å²) in [6.07, 6.45) is 1.98. The summed E-state index contributed by atoms with van der Waals surface area (Å²) in [5, 5.41) is 14.4. The van der Waals surface area contributed by atoms with Crippen molar-refractivity contribution in [1.82, 2.24) is 4.98 Å². The summed E-state index contributed by atoms with van der Waals surface area (Å²) in [6.45, 7) is -0.149. The van der Waals surface area contributed by atoms with E-state index in [1.807, 2.05) is 12.1 Å². The quantitative estimate of drug-likeness (QED) is 0.409. The molecule has 1 N–H and O–H groups in total. The molecule has 0 atom stereocenters. The molecule has 0 aliphatic heterocycles. The number of para-hydroxylation sites is 2. The first kappa shape index (κ1) is 16.1. The second-order valence-corrected chi connectivity index (χ2v) is 6.06. The van der Waals surface area contributed by atoms with Gasteiger partial charge in [0, 0.05) is 12.1 Å². The number of carbonyl (C=O) groups is 1. The standard InChI is InChI=1S/C18H15N3O5/c22-18(25-10-17-20-14-3-1-2-4-16(14)26-17)11-5-8-13(19-12-6-7-12)15(9-11)21(23)24/h1-5,8-9,12,19H,6-7,10H2. The Hall–Kier alpha value is -3.42. The zero-order valence-electron chi connectivity index (χ0n) is 13.7. The summed E-state index contributed by atoms with van der Waals surface area (Å²) in [6, 6.07) is 11.7. The van der Waals surface area contributed by atoms with E-state index in [0.717, 1.165) is 12.8 Å². The average molecular weight is 353 g/mol. The molecule has 3 aromatic rings. The monoisotopic (exact) mass is 353 g/mol. The van der Waals surface area contributed by atoms with Gasteiger partial charge in [0.2, 0.25) is 5.89 Å². The molecule has 4 rings (SSSR count). The van der Waals surface area contributed by atoms with Crippen LogP contribution in [0.3, 0.4) is 0 Å². The minimum Gasteiger partial charge on any atom is -0.452 e. The number of carbonyl (C=O) groups excluding carboxylic acids is 1. The highest BCUT2D eigenvalue weighted by atomic mass is 16.6. The Morgan fingerprint density at radius 1 is 1.31 bits per heavy atom. The maximum atomic E-state index is 12.2. The molecular weight excluding hydrogens is 338 g/mol. The van der Waals surface area contributed by atoms with Gasteiger partial charge in [-0.05, 0) is 37.1 Å². The van der Waals surface area contributed by atoms with Crippen LogP contribution in [0, 0.1) is 10.1 Å². The number of hydrogen-bond acceptors (Lipinski definition) is 7. The summed E-state index contributed by atoms with van der Waals surface area (Å²) in [4.78, 5) is 27.2. The van der Waals surface area contributed by atoms with Crippen LogP contribution in [-0.2, 0) is 11.3 Å². The number of rotatable bonds is 6. The molecule has 0 bridgehead atoms. The van der Waals surface area contributed by atoms with Crippen molar-refractivity contribution in [2.24, 2.45) is 0 Å². The molecule has 26 heavy (non-hydrogen) atoms. The molecule has 1 aromatic heterocycles. The van der Waals surface area contributed by atoms with Crippen LogP contribution < -0.4 is 5.32 Å². The van der Waals surface area contributed by atoms with Gasteiger partial charge in [-0.25, -0.2) is 9.78 Å². The number of oxazole rings is 1. The molecule has 1 saturated carbocycles. The van der Waals surface area contributed by atoms with Gasteiger partial charge in [0.1, 0.15) is 11.2 Å². The topological polar surface area (TPSA) is 108 Å². The predicted molar refractivity (Wildman–Crippen MR) is 92.9 cm³/mol. The highest BCUT2D eigenvalue weighted by Crippen LogP contribution is 2.31. The summed E-state index contributed by atoms with van der Waals surface area (Å²) in [5.41, 5.74) is 1.64. The molecular formula is C18H15N3O5. The van der Waals surface area contributed by atoms with E-state index in [0.29, 0.717) is 16.8 Å². The Bertz CT molecular complexity index is 960. The van der Waals surface area contributed by atoms with Gasteiger partial charge < -0.3 is 14.5 Å². The maximum Gasteiger partial charge on any atom is 0.338 e. The number of nitrogens with zero attached hydrogens (tertiary/aromatic N) is 2. The smallest absolute Gasteiger partial charge is 0.338 e. The second-order valence-electron chi connectivity index (χ2n) is 6.06. The SMILES string of the molecule is O=C(OCc1nc2ccccc2o1)c1ccc(NC2CC2)c([N+](=O)[O-])c1. The number of anilines is 1. The minimum absolute atomic E-state index is 0.106. The Morgan fingerprint density at radius 2 is 2.12 bits per heavy atom. The van der Waals surface area contributed by atoms with Crippen LogP contribution in [0.25, 0.3) is 11.1 Å². The van der Waals surface area contributed by atoms with E-state index in [4.69, 9.17) is 9.15 Å². The number of esters is 1. The van der Waals surface area contributed by atoms with E-state index in [-0.39, 0.29) is 29.8 Å². The molecule has 0 unspecified atom stereocenters. The number of nitro groups is 1. The molecule has 1 heterocycles. The molecule has 0 radical (unpaired) electrons. The number of benzene rings is 2. The third kappa shape index (κ3) is 3.34. The lowest BCUT2D eigenvalue weighted by Gasteiger charge is -2.07. The van der Waals surface area contributed by atoms with E-state index < -0.39 is 10.9 Å². The van der Waals surface area contributed by atoms with Gasteiger partial charge in [0.15, 0.2) is 12.2 Å². The zero-order valence-corrected chi connectivity index (χ0v) is 13.7. The fourth-order valence-electron chi connectivity index (χ4n) is 2.57. The van der Waals surface area contributed by atoms with Crippen LogP contribution in [0.2, 0.25) is 0 Å². The van der Waals surface area contributed by atoms with Crippen LogP contribution in [0.15, 0.2) is 46.9 Å². The van der Waals surface area contributed by atoms with Crippen molar-refractivity contribution in [3.63, 3.8) is 0 Å². The fraction of sp³-hybridized carbons (Fsp3) is 0.222. The lowest BCUT2D eigenvalue weighted by molar-refractivity contribution is -0.384. The number of aromatic nitrogens is 1. The first-order valence-electron chi connectivity index (χ1n) is 8.17. The van der Waals surface area contributed by atoms with Gasteiger partial charge in [-0.2, -0.15) is 0 Å². The van der Waals surface area contributed by atoms with Crippen LogP contribution in [0.1, 0.15) is 29.1 Å². The normalized spacial score (nSPS) is 13.5. The van der Waals surface area contributed by atoms with E-state index in [2.05, 4.69) is 10.3 Å². The fourth-order valence-corrected chi connectivity index (χ4v) is 2.57. The highest BCUT2D eigenvalue weighted by molar-refractivity contribution is 5.91. The average Bonchev–Trinajstić information content (AvgIpc) is 3.35. The molecule has 8 heteroatoms. The lowest BCUT2D eigenvalue weighted by atomic mass is 10.1. The van der Waals surface area contributed by atoms with Gasteiger partial charge in [0.05, 0.1) is 10.5 Å². The van der Waals surface area contributed by atoms with E-state index in [9.17, 15) is 14.9 Å². The van der Waals surface area contributed by atoms with Crippen molar-refractivity contribution < 1.29 is 18.9 Å². The van der Waals surface area contributed by atoms with Gasteiger partial charge in [0.25, 0.3) is 5.69 Å². The van der Waals surface area contributed by atoms with Crippen molar-refractivity contribution >= 4 is 28.4 Å². The molecule has 1 aliphatic carbocycles. The Balaban J connectivity index is 1.48. The van der Waals surface area contributed by atoms with Gasteiger partial charge in [-0.1, -0.05) is 12.1 Å². The van der Waals surface area contributed by atoms with Gasteiger partial charge in [-0.15, -0.1) is 0 Å². The molecule has 132 valence electrons. The first-order chi connectivity index (χ1) is 12.6. The largest absolute Gasteiger partial charge is 0.452 e. The van der Waals surface area contributed by atoms with Crippen molar-refractivity contribution in [1.29, 1.82) is 0 Å². The molecule has 1 fully saturated rings. The van der Waals surface area contributed by atoms with E-state index >= 15 is 0 Å². The Labute approximate surface area is 147 Å². The molecule has 2 aromatic carbocycles. The summed E-state index contributed by atoms with van der Waals surface area (Å²) in [7, 11) is 0. The predicted octanol–water partition coefficient (Wildman–Crippen LogP) is 3.67. The molecule has 0 saturated heterocycles. The van der Waals surface area contributed by atoms with Gasteiger partial charge >= 0.3 is 5.97 Å². The number of nitrogens with one attached hydrogen (secondary N) is 1. The summed E-state index contributed by atoms with van der Waals surface area (Å²) < 4.78 is 10.7. The third-order valence-electron chi connectivity index (χ3n) is 4.03. The van der Waals surface area contributed by atoms with Crippen molar-refractivity contribution in [3.05, 3.63) is 64.0 Å². The van der Waals surface area contributed by atoms with Crippen LogP contribution in [0.4, 0.5) is 11.4 Å².